The number of nitrogens with one attached hydrogen (secondary N) is 1. The lowest BCUT2D eigenvalue weighted by Gasteiger charge is -2.17. The molecule has 0 saturated carbocycles. The van der Waals surface area contributed by atoms with Crippen LogP contribution < -0.4 is 5.32 Å². The van der Waals surface area contributed by atoms with Crippen molar-refractivity contribution >= 4 is 17.4 Å². The van der Waals surface area contributed by atoms with E-state index < -0.39 is 0 Å². The van der Waals surface area contributed by atoms with Gasteiger partial charge in [-0.3, -0.25) is 4.79 Å². The fourth-order valence-electron chi connectivity index (χ4n) is 3.44. The van der Waals surface area contributed by atoms with E-state index in [1.165, 1.54) is 0 Å². The average molecular weight is 368 g/mol. The molecule has 3 aromatic heterocycles. The summed E-state index contributed by atoms with van der Waals surface area (Å²) >= 11 is 0. The Labute approximate surface area is 157 Å². The molecular weight excluding hydrogens is 344 g/mol. The maximum absolute atomic E-state index is 11.7. The van der Waals surface area contributed by atoms with Gasteiger partial charge < -0.3 is 14.7 Å². The Bertz CT molecular complexity index is 990. The molecule has 0 radical (unpaired) electrons. The van der Waals surface area contributed by atoms with Crippen molar-refractivity contribution in [2.75, 3.05) is 25.0 Å². The summed E-state index contributed by atoms with van der Waals surface area (Å²) in [5.41, 5.74) is 4.22. The molecule has 0 atom stereocenters. The van der Waals surface area contributed by atoms with Crippen LogP contribution in [0.4, 0.5) is 5.82 Å². The molecule has 1 N–H and O–H groups in total. The van der Waals surface area contributed by atoms with Crippen LogP contribution in [0.1, 0.15) is 36.3 Å². The number of fused-ring (bicyclic) bond motifs is 1. The molecule has 3 aromatic rings. The van der Waals surface area contributed by atoms with Gasteiger partial charge in [0.1, 0.15) is 23.0 Å². The fourth-order valence-corrected chi connectivity index (χ4v) is 3.44. The van der Waals surface area contributed by atoms with Crippen LogP contribution in [0, 0.1) is 20.8 Å². The lowest BCUT2D eigenvalue weighted by Crippen LogP contribution is -2.27. The third-order valence-corrected chi connectivity index (χ3v) is 5.04. The first-order chi connectivity index (χ1) is 13.0. The zero-order valence-corrected chi connectivity index (χ0v) is 15.9. The van der Waals surface area contributed by atoms with Gasteiger partial charge in [0, 0.05) is 49.4 Å². The average Bonchev–Trinajstić information content (AvgIpc) is 3.35. The maximum atomic E-state index is 11.7. The minimum absolute atomic E-state index is 0.271. The van der Waals surface area contributed by atoms with Gasteiger partial charge in [0.15, 0.2) is 5.65 Å². The highest BCUT2D eigenvalue weighted by Crippen LogP contribution is 2.24. The molecule has 142 valence electrons. The summed E-state index contributed by atoms with van der Waals surface area (Å²) in [5.74, 6) is 1.95. The van der Waals surface area contributed by atoms with Gasteiger partial charge in [0.25, 0.3) is 0 Å². The van der Waals surface area contributed by atoms with E-state index in [9.17, 15) is 4.79 Å². The molecule has 0 aliphatic carbocycles. The van der Waals surface area contributed by atoms with Crippen molar-refractivity contribution in [1.82, 2.24) is 24.7 Å². The highest BCUT2D eigenvalue weighted by molar-refractivity contribution is 5.78. The first kappa shape index (κ1) is 17.5. The number of amides is 1. The SMILES string of the molecule is Cc1cc(-c2cc3nc(C)c(C)c(NCCCN4CCCC4=O)n3n2)no1. The van der Waals surface area contributed by atoms with Crippen molar-refractivity contribution in [3.05, 3.63) is 29.2 Å². The molecular formula is C19H24N6O2. The second-order valence-electron chi connectivity index (χ2n) is 7.06. The number of aryl methyl sites for hydroxylation is 2. The number of carbonyl (C=O) groups is 1. The highest BCUT2D eigenvalue weighted by atomic mass is 16.5. The van der Waals surface area contributed by atoms with E-state index in [1.54, 1.807) is 0 Å². The van der Waals surface area contributed by atoms with Gasteiger partial charge in [-0.2, -0.15) is 9.61 Å². The normalized spacial score (nSPS) is 14.5. The maximum Gasteiger partial charge on any atom is 0.222 e. The van der Waals surface area contributed by atoms with Gasteiger partial charge >= 0.3 is 0 Å². The molecule has 8 nitrogen and oxygen atoms in total. The molecule has 8 heteroatoms. The van der Waals surface area contributed by atoms with Crippen molar-refractivity contribution in [3.63, 3.8) is 0 Å². The fraction of sp³-hybridized carbons (Fsp3) is 0.474. The molecule has 1 amide bonds. The lowest BCUT2D eigenvalue weighted by atomic mass is 10.2. The van der Waals surface area contributed by atoms with E-state index in [4.69, 9.17) is 4.52 Å². The van der Waals surface area contributed by atoms with E-state index in [0.717, 1.165) is 66.7 Å². The quantitative estimate of drug-likeness (QED) is 0.673. The first-order valence-electron chi connectivity index (χ1n) is 9.35. The Morgan fingerprint density at radius 3 is 2.78 bits per heavy atom. The van der Waals surface area contributed by atoms with Gasteiger partial charge in [-0.1, -0.05) is 5.16 Å². The second-order valence-corrected chi connectivity index (χ2v) is 7.06. The molecule has 4 rings (SSSR count). The van der Waals surface area contributed by atoms with Gasteiger partial charge in [-0.25, -0.2) is 4.98 Å². The van der Waals surface area contributed by atoms with Crippen molar-refractivity contribution in [2.24, 2.45) is 0 Å². The number of aromatic nitrogens is 4. The van der Waals surface area contributed by atoms with Crippen molar-refractivity contribution in [2.45, 2.75) is 40.0 Å². The van der Waals surface area contributed by atoms with Gasteiger partial charge in [0.2, 0.25) is 5.91 Å². The molecule has 1 fully saturated rings. The standard InChI is InChI=1S/C19H24N6O2/c1-12-10-16(23-27-12)15-11-17-21-14(3)13(2)19(25(17)22-15)20-7-5-9-24-8-4-6-18(24)26/h10-11,20H,4-9H2,1-3H3. The molecule has 0 spiro atoms. The van der Waals surface area contributed by atoms with Crippen LogP contribution in [0.3, 0.4) is 0 Å². The summed E-state index contributed by atoms with van der Waals surface area (Å²) in [4.78, 5) is 18.3. The Hall–Kier alpha value is -2.90. The van der Waals surface area contributed by atoms with E-state index in [0.29, 0.717) is 12.1 Å². The first-order valence-corrected chi connectivity index (χ1v) is 9.35. The van der Waals surface area contributed by atoms with E-state index in [1.807, 2.05) is 42.3 Å². The molecule has 1 aliphatic heterocycles. The Morgan fingerprint density at radius 1 is 1.22 bits per heavy atom. The summed E-state index contributed by atoms with van der Waals surface area (Å²) in [7, 11) is 0. The number of anilines is 1. The summed E-state index contributed by atoms with van der Waals surface area (Å²) in [5, 5.41) is 12.2. The van der Waals surface area contributed by atoms with Crippen LogP contribution in [0.25, 0.3) is 17.0 Å². The van der Waals surface area contributed by atoms with Crippen LogP contribution in [0.2, 0.25) is 0 Å². The number of hydrogen-bond donors (Lipinski definition) is 1. The zero-order valence-electron chi connectivity index (χ0n) is 15.9. The topological polar surface area (TPSA) is 88.6 Å². The molecule has 0 aromatic carbocycles. The monoisotopic (exact) mass is 368 g/mol. The summed E-state index contributed by atoms with van der Waals surface area (Å²) in [6, 6.07) is 3.78. The number of likely N-dealkylation sites (tertiary alicyclic amines) is 1. The number of rotatable bonds is 6. The Kier molecular flexibility index (Phi) is 4.55. The molecule has 1 aliphatic rings. The smallest absolute Gasteiger partial charge is 0.222 e. The van der Waals surface area contributed by atoms with Crippen molar-refractivity contribution in [1.29, 1.82) is 0 Å². The van der Waals surface area contributed by atoms with Crippen LogP contribution in [0.15, 0.2) is 16.7 Å². The van der Waals surface area contributed by atoms with Crippen LogP contribution >= 0.6 is 0 Å². The van der Waals surface area contributed by atoms with Gasteiger partial charge in [0.05, 0.1) is 0 Å². The Balaban J connectivity index is 1.54. The highest BCUT2D eigenvalue weighted by Gasteiger charge is 2.19. The van der Waals surface area contributed by atoms with Crippen LogP contribution in [-0.2, 0) is 4.79 Å². The summed E-state index contributed by atoms with van der Waals surface area (Å²) in [6.07, 6.45) is 2.56. The molecule has 0 unspecified atom stereocenters. The third-order valence-electron chi connectivity index (χ3n) is 5.04. The van der Waals surface area contributed by atoms with Crippen LogP contribution in [-0.4, -0.2) is 50.2 Å². The summed E-state index contributed by atoms with van der Waals surface area (Å²) < 4.78 is 6.98. The van der Waals surface area contributed by atoms with E-state index >= 15 is 0 Å². The van der Waals surface area contributed by atoms with Gasteiger partial charge in [-0.15, -0.1) is 0 Å². The zero-order chi connectivity index (χ0) is 19.0. The molecule has 0 bridgehead atoms. The van der Waals surface area contributed by atoms with E-state index in [-0.39, 0.29) is 5.91 Å². The number of hydrogen-bond acceptors (Lipinski definition) is 6. The molecule has 27 heavy (non-hydrogen) atoms. The number of carbonyl (C=O) groups excluding carboxylic acids is 1. The minimum atomic E-state index is 0.271. The predicted octanol–water partition coefficient (Wildman–Crippen LogP) is 2.73. The molecule has 1 saturated heterocycles. The predicted molar refractivity (Wildman–Crippen MR) is 102 cm³/mol. The van der Waals surface area contributed by atoms with Crippen LogP contribution in [0.5, 0.6) is 0 Å². The third kappa shape index (κ3) is 3.39. The van der Waals surface area contributed by atoms with Gasteiger partial charge in [-0.05, 0) is 33.6 Å². The largest absolute Gasteiger partial charge is 0.370 e. The van der Waals surface area contributed by atoms with E-state index in [2.05, 4.69) is 20.6 Å². The van der Waals surface area contributed by atoms with Crippen molar-refractivity contribution in [3.8, 4) is 11.4 Å². The summed E-state index contributed by atoms with van der Waals surface area (Å²) in [6.45, 7) is 8.33. The van der Waals surface area contributed by atoms with Crippen molar-refractivity contribution < 1.29 is 9.32 Å². The lowest BCUT2D eigenvalue weighted by molar-refractivity contribution is -0.127. The Morgan fingerprint density at radius 2 is 2.07 bits per heavy atom. The molecule has 4 heterocycles. The minimum Gasteiger partial charge on any atom is -0.370 e. The number of nitrogens with zero attached hydrogens (tertiary/aromatic N) is 5. The second kappa shape index (κ2) is 7.02.